The number of aryl methyl sites for hydroxylation is 3. The van der Waals surface area contributed by atoms with Gasteiger partial charge in [0.05, 0.1) is 0 Å². The van der Waals surface area contributed by atoms with Gasteiger partial charge in [-0.25, -0.2) is 14.8 Å². The first kappa shape index (κ1) is 19.4. The molecule has 1 aromatic carbocycles. The van der Waals surface area contributed by atoms with Crippen LogP contribution in [0.4, 0.5) is 0 Å². The third kappa shape index (κ3) is 3.83. The molecule has 0 atom stereocenters. The molecule has 0 aliphatic heterocycles. The number of benzene rings is 1. The first-order chi connectivity index (χ1) is 12.9. The minimum Gasteiger partial charge on any atom is -0.280 e. The van der Waals surface area contributed by atoms with Crippen molar-refractivity contribution >= 4 is 22.8 Å². The smallest absolute Gasteiger partial charge is 0.280 e. The molecule has 6 nitrogen and oxygen atoms in total. The van der Waals surface area contributed by atoms with Crippen molar-refractivity contribution in [2.45, 2.75) is 43.9 Å². The van der Waals surface area contributed by atoms with E-state index in [9.17, 15) is 9.59 Å². The Morgan fingerprint density at radius 3 is 2.52 bits per heavy atom. The Morgan fingerprint density at radius 2 is 1.81 bits per heavy atom. The first-order valence-corrected chi connectivity index (χ1v) is 10.1. The van der Waals surface area contributed by atoms with Gasteiger partial charge in [0.25, 0.3) is 5.56 Å². The summed E-state index contributed by atoms with van der Waals surface area (Å²) >= 11 is 1.52. The highest BCUT2D eigenvalue weighted by molar-refractivity contribution is 7.98. The number of rotatable bonds is 6. The largest absolute Gasteiger partial charge is 0.332 e. The summed E-state index contributed by atoms with van der Waals surface area (Å²) in [5, 5.41) is 1.06. The minimum absolute atomic E-state index is 0.345. The fourth-order valence-electron chi connectivity index (χ4n) is 2.94. The molecule has 27 heavy (non-hydrogen) atoms. The molecule has 0 spiro atoms. The van der Waals surface area contributed by atoms with Crippen LogP contribution in [0.5, 0.6) is 0 Å². The zero-order chi connectivity index (χ0) is 19.6. The maximum absolute atomic E-state index is 12.8. The SMILES string of the molecule is CCCCc1nc(SCc2ccccc2C)c2c(=O)n(C)c(=O)n(C)c2n1. The maximum Gasteiger partial charge on any atom is 0.332 e. The second kappa shape index (κ2) is 8.08. The van der Waals surface area contributed by atoms with E-state index in [-0.39, 0.29) is 11.2 Å². The molecule has 2 aromatic heterocycles. The molecule has 0 radical (unpaired) electrons. The fraction of sp³-hybridized carbons (Fsp3) is 0.400. The van der Waals surface area contributed by atoms with Gasteiger partial charge in [0.2, 0.25) is 0 Å². The lowest BCUT2D eigenvalue weighted by Gasteiger charge is -2.12. The number of hydrogen-bond acceptors (Lipinski definition) is 5. The number of nitrogens with zero attached hydrogens (tertiary/aromatic N) is 4. The van der Waals surface area contributed by atoms with E-state index in [1.54, 1.807) is 7.05 Å². The maximum atomic E-state index is 12.8. The molecule has 0 aliphatic carbocycles. The zero-order valence-electron chi connectivity index (χ0n) is 16.2. The summed E-state index contributed by atoms with van der Waals surface area (Å²) < 4.78 is 2.56. The van der Waals surface area contributed by atoms with Crippen LogP contribution in [0.2, 0.25) is 0 Å². The van der Waals surface area contributed by atoms with E-state index in [1.807, 2.05) is 12.1 Å². The Hall–Kier alpha value is -2.41. The summed E-state index contributed by atoms with van der Waals surface area (Å²) in [5.41, 5.74) is 2.10. The predicted molar refractivity (Wildman–Crippen MR) is 109 cm³/mol. The Bertz CT molecular complexity index is 1100. The first-order valence-electron chi connectivity index (χ1n) is 9.08. The quantitative estimate of drug-likeness (QED) is 0.483. The Morgan fingerprint density at radius 1 is 1.07 bits per heavy atom. The molecular formula is C20H24N4O2S. The van der Waals surface area contributed by atoms with Gasteiger partial charge < -0.3 is 0 Å². The van der Waals surface area contributed by atoms with Crippen LogP contribution in [0.15, 0.2) is 38.9 Å². The Kier molecular flexibility index (Phi) is 5.79. The third-order valence-corrected chi connectivity index (χ3v) is 5.72. The molecule has 0 amide bonds. The van der Waals surface area contributed by atoms with E-state index in [0.29, 0.717) is 27.6 Å². The van der Waals surface area contributed by atoms with Crippen molar-refractivity contribution in [3.8, 4) is 0 Å². The highest BCUT2D eigenvalue weighted by Gasteiger charge is 2.17. The molecule has 0 unspecified atom stereocenters. The second-order valence-corrected chi connectivity index (χ2v) is 7.63. The number of aromatic nitrogens is 4. The summed E-state index contributed by atoms with van der Waals surface area (Å²) in [6, 6.07) is 8.18. The van der Waals surface area contributed by atoms with Crippen LogP contribution < -0.4 is 11.2 Å². The van der Waals surface area contributed by atoms with Crippen molar-refractivity contribution < 1.29 is 0 Å². The van der Waals surface area contributed by atoms with Crippen molar-refractivity contribution in [3.63, 3.8) is 0 Å². The highest BCUT2D eigenvalue weighted by Crippen LogP contribution is 2.27. The summed E-state index contributed by atoms with van der Waals surface area (Å²) in [6.45, 7) is 4.18. The van der Waals surface area contributed by atoms with Crippen molar-refractivity contribution in [2.75, 3.05) is 0 Å². The van der Waals surface area contributed by atoms with Crippen molar-refractivity contribution in [1.29, 1.82) is 0 Å². The lowest BCUT2D eigenvalue weighted by molar-refractivity contribution is 0.690. The lowest BCUT2D eigenvalue weighted by atomic mass is 10.1. The second-order valence-electron chi connectivity index (χ2n) is 6.67. The molecule has 0 N–H and O–H groups in total. The minimum atomic E-state index is -0.373. The van der Waals surface area contributed by atoms with Crippen LogP contribution in [0.3, 0.4) is 0 Å². The molecule has 7 heteroatoms. The normalized spacial score (nSPS) is 11.3. The summed E-state index contributed by atoms with van der Waals surface area (Å²) in [5.74, 6) is 1.39. The predicted octanol–water partition coefficient (Wildman–Crippen LogP) is 2.97. The van der Waals surface area contributed by atoms with Gasteiger partial charge >= 0.3 is 5.69 Å². The molecule has 0 fully saturated rings. The summed E-state index contributed by atoms with van der Waals surface area (Å²) in [4.78, 5) is 34.3. The van der Waals surface area contributed by atoms with Gasteiger partial charge in [0, 0.05) is 26.3 Å². The van der Waals surface area contributed by atoms with Gasteiger partial charge in [-0.1, -0.05) is 37.6 Å². The molecular weight excluding hydrogens is 360 g/mol. The van der Waals surface area contributed by atoms with E-state index in [0.717, 1.165) is 23.8 Å². The van der Waals surface area contributed by atoms with E-state index in [1.165, 1.54) is 34.5 Å². The van der Waals surface area contributed by atoms with Gasteiger partial charge in [-0.3, -0.25) is 13.9 Å². The lowest BCUT2D eigenvalue weighted by Crippen LogP contribution is -2.37. The van der Waals surface area contributed by atoms with E-state index >= 15 is 0 Å². The zero-order valence-corrected chi connectivity index (χ0v) is 17.0. The number of unbranched alkanes of at least 4 members (excludes halogenated alkanes) is 1. The Balaban J connectivity index is 2.15. The van der Waals surface area contributed by atoms with Crippen LogP contribution >= 0.6 is 11.8 Å². The van der Waals surface area contributed by atoms with Crippen LogP contribution in [0, 0.1) is 6.92 Å². The molecule has 3 rings (SSSR count). The average Bonchev–Trinajstić information content (AvgIpc) is 2.68. The number of hydrogen-bond donors (Lipinski definition) is 0. The van der Waals surface area contributed by atoms with E-state index < -0.39 is 0 Å². The van der Waals surface area contributed by atoms with Crippen molar-refractivity contribution in [2.24, 2.45) is 14.1 Å². The van der Waals surface area contributed by atoms with Gasteiger partial charge in [0.1, 0.15) is 16.2 Å². The molecule has 0 saturated carbocycles. The van der Waals surface area contributed by atoms with Crippen LogP contribution in [-0.4, -0.2) is 19.1 Å². The molecule has 142 valence electrons. The standard InChI is InChI=1S/C20H24N4O2S/c1-5-6-11-15-21-17-16(19(25)24(4)20(26)23(17)3)18(22-15)27-12-14-10-8-7-9-13(14)2/h7-10H,5-6,11-12H2,1-4H3. The van der Waals surface area contributed by atoms with Gasteiger partial charge in [0.15, 0.2) is 5.65 Å². The van der Waals surface area contributed by atoms with Crippen molar-refractivity contribution in [3.05, 3.63) is 62.1 Å². The average molecular weight is 385 g/mol. The topological polar surface area (TPSA) is 69.8 Å². The van der Waals surface area contributed by atoms with Gasteiger partial charge in [-0.05, 0) is 24.5 Å². The fourth-order valence-corrected chi connectivity index (χ4v) is 4.05. The molecule has 2 heterocycles. The van der Waals surface area contributed by atoms with Crippen LogP contribution in [-0.2, 0) is 26.3 Å². The molecule has 0 saturated heterocycles. The number of thioether (sulfide) groups is 1. The summed E-state index contributed by atoms with van der Waals surface area (Å²) in [6.07, 6.45) is 2.72. The molecule has 0 aliphatic rings. The van der Waals surface area contributed by atoms with Gasteiger partial charge in [-0.15, -0.1) is 11.8 Å². The third-order valence-electron chi connectivity index (χ3n) is 4.69. The Labute approximate surface area is 162 Å². The summed E-state index contributed by atoms with van der Waals surface area (Å²) in [7, 11) is 3.14. The van der Waals surface area contributed by atoms with Gasteiger partial charge in [-0.2, -0.15) is 0 Å². The van der Waals surface area contributed by atoms with Crippen LogP contribution in [0.25, 0.3) is 11.0 Å². The highest BCUT2D eigenvalue weighted by atomic mass is 32.2. The van der Waals surface area contributed by atoms with E-state index in [4.69, 9.17) is 0 Å². The van der Waals surface area contributed by atoms with E-state index in [2.05, 4.69) is 35.9 Å². The molecule has 3 aromatic rings. The van der Waals surface area contributed by atoms with Crippen LogP contribution in [0.1, 0.15) is 36.7 Å². The number of fused-ring (bicyclic) bond motifs is 1. The monoisotopic (exact) mass is 384 g/mol. The molecule has 0 bridgehead atoms. The van der Waals surface area contributed by atoms with Crippen molar-refractivity contribution in [1.82, 2.24) is 19.1 Å².